The summed E-state index contributed by atoms with van der Waals surface area (Å²) in [6.45, 7) is 0.603. The van der Waals surface area contributed by atoms with Gasteiger partial charge in [0.1, 0.15) is 6.61 Å². The number of aromatic nitrogens is 4. The van der Waals surface area contributed by atoms with Crippen molar-refractivity contribution in [1.29, 1.82) is 0 Å². The average Bonchev–Trinajstić information content (AvgIpc) is 3.35. The molecule has 0 fully saturated rings. The molecule has 1 aromatic carbocycles. The number of esters is 1. The van der Waals surface area contributed by atoms with E-state index in [9.17, 15) is 9.59 Å². The zero-order valence-electron chi connectivity index (χ0n) is 14.8. The lowest BCUT2D eigenvalue weighted by Crippen LogP contribution is -2.14. The van der Waals surface area contributed by atoms with Crippen LogP contribution in [0.4, 0.5) is 0 Å². The topological polar surface area (TPSA) is 78.5 Å². The van der Waals surface area contributed by atoms with Crippen molar-refractivity contribution in [3.63, 3.8) is 0 Å². The van der Waals surface area contributed by atoms with Crippen LogP contribution in [0, 0.1) is 0 Å². The Morgan fingerprint density at radius 3 is 2.96 bits per heavy atom. The lowest BCUT2D eigenvalue weighted by atomic mass is 10.2. The van der Waals surface area contributed by atoms with Crippen molar-refractivity contribution >= 4 is 28.3 Å². The molecule has 140 valence electrons. The van der Waals surface area contributed by atoms with Gasteiger partial charge in [-0.05, 0) is 11.6 Å². The van der Waals surface area contributed by atoms with Crippen LogP contribution in [0.5, 0.6) is 0 Å². The normalized spacial score (nSPS) is 11.3. The van der Waals surface area contributed by atoms with Crippen LogP contribution in [-0.4, -0.2) is 25.1 Å². The van der Waals surface area contributed by atoms with E-state index in [1.165, 1.54) is 27.9 Å². The highest BCUT2D eigenvalue weighted by Gasteiger charge is 2.06. The summed E-state index contributed by atoms with van der Waals surface area (Å²) in [5.74, 6) is -0.510. The fourth-order valence-electron chi connectivity index (χ4n) is 2.64. The molecule has 3 heterocycles. The summed E-state index contributed by atoms with van der Waals surface area (Å²) in [7, 11) is 0. The van der Waals surface area contributed by atoms with E-state index in [2.05, 4.69) is 10.1 Å². The molecule has 3 aromatic heterocycles. The number of benzene rings is 1. The average molecular weight is 392 g/mol. The Labute approximate surface area is 164 Å². The maximum absolute atomic E-state index is 11.9. The summed E-state index contributed by atoms with van der Waals surface area (Å²) in [4.78, 5) is 28.7. The van der Waals surface area contributed by atoms with Gasteiger partial charge in [-0.25, -0.2) is 9.78 Å². The third kappa shape index (κ3) is 4.24. The Morgan fingerprint density at radius 1 is 1.25 bits per heavy atom. The number of carbonyl (C=O) groups is 1. The van der Waals surface area contributed by atoms with Crippen LogP contribution in [0.3, 0.4) is 0 Å². The zero-order valence-corrected chi connectivity index (χ0v) is 15.6. The highest BCUT2D eigenvalue weighted by Crippen LogP contribution is 2.08. The van der Waals surface area contributed by atoms with Gasteiger partial charge < -0.3 is 4.74 Å². The summed E-state index contributed by atoms with van der Waals surface area (Å²) in [5.41, 5.74) is 2.17. The predicted octanol–water partition coefficient (Wildman–Crippen LogP) is 2.76. The van der Waals surface area contributed by atoms with Crippen LogP contribution < -0.4 is 5.56 Å². The third-order valence-electron chi connectivity index (χ3n) is 3.97. The Bertz CT molecular complexity index is 1190. The number of nitrogens with zero attached hydrogens (tertiary/aromatic N) is 4. The number of rotatable bonds is 6. The molecule has 0 radical (unpaired) electrons. The smallest absolute Gasteiger partial charge is 0.331 e. The first-order chi connectivity index (χ1) is 13.7. The first-order valence-corrected chi connectivity index (χ1v) is 9.42. The van der Waals surface area contributed by atoms with Gasteiger partial charge in [0.15, 0.2) is 4.96 Å². The highest BCUT2D eigenvalue weighted by atomic mass is 32.1. The molecule has 0 spiro atoms. The molecule has 4 rings (SSSR count). The van der Waals surface area contributed by atoms with Gasteiger partial charge in [-0.1, -0.05) is 30.3 Å². The minimum Gasteiger partial charge on any atom is -0.456 e. The highest BCUT2D eigenvalue weighted by molar-refractivity contribution is 7.15. The quantitative estimate of drug-likeness (QED) is 0.372. The summed E-state index contributed by atoms with van der Waals surface area (Å²) < 4.78 is 8.42. The van der Waals surface area contributed by atoms with E-state index in [1.807, 2.05) is 36.5 Å². The lowest BCUT2D eigenvalue weighted by Gasteiger charge is -2.01. The second kappa shape index (κ2) is 8.01. The maximum atomic E-state index is 11.9. The first kappa shape index (κ1) is 17.9. The number of thiazole rings is 1. The van der Waals surface area contributed by atoms with Gasteiger partial charge in [0.05, 0.1) is 18.4 Å². The molecule has 0 atom stereocenters. The van der Waals surface area contributed by atoms with Gasteiger partial charge in [0.2, 0.25) is 0 Å². The molecule has 0 aliphatic carbocycles. The van der Waals surface area contributed by atoms with Crippen molar-refractivity contribution in [2.24, 2.45) is 0 Å². The molecule has 0 saturated heterocycles. The number of hydrogen-bond acceptors (Lipinski definition) is 6. The molecule has 0 N–H and O–H groups in total. The minimum atomic E-state index is -0.510. The Kier molecular flexibility index (Phi) is 5.11. The van der Waals surface area contributed by atoms with Gasteiger partial charge in [-0.3, -0.25) is 13.9 Å². The molecule has 0 unspecified atom stereocenters. The molecule has 7 nitrogen and oxygen atoms in total. The number of hydrogen-bond donors (Lipinski definition) is 0. The van der Waals surface area contributed by atoms with E-state index < -0.39 is 5.97 Å². The largest absolute Gasteiger partial charge is 0.456 e. The summed E-state index contributed by atoms with van der Waals surface area (Å²) >= 11 is 1.35. The van der Waals surface area contributed by atoms with Crippen LogP contribution in [-0.2, 0) is 22.7 Å². The van der Waals surface area contributed by atoms with Crippen LogP contribution in [0.2, 0.25) is 0 Å². The van der Waals surface area contributed by atoms with E-state index in [-0.39, 0.29) is 12.2 Å². The standard InChI is InChI=1S/C20H16N4O3S/c25-18-10-17(22-20-24(18)8-9-28-20)14-27-19(26)7-6-16-11-21-23(13-16)12-15-4-2-1-3-5-15/h1-11,13H,12,14H2/b7-6+. The molecule has 0 amide bonds. The maximum Gasteiger partial charge on any atom is 0.331 e. The van der Waals surface area contributed by atoms with E-state index in [0.29, 0.717) is 17.2 Å². The predicted molar refractivity (Wildman–Crippen MR) is 106 cm³/mol. The summed E-state index contributed by atoms with van der Waals surface area (Å²) in [6.07, 6.45) is 8.16. The van der Waals surface area contributed by atoms with Gasteiger partial charge in [0.25, 0.3) is 5.56 Å². The van der Waals surface area contributed by atoms with Crippen molar-refractivity contribution in [2.45, 2.75) is 13.2 Å². The molecule has 8 heteroatoms. The molecule has 28 heavy (non-hydrogen) atoms. The fourth-order valence-corrected chi connectivity index (χ4v) is 3.38. The SMILES string of the molecule is O=C(/C=C/c1cnn(Cc2ccccc2)c1)OCc1cc(=O)n2ccsc2n1. The fraction of sp³-hybridized carbons (Fsp3) is 0.100. The van der Waals surface area contributed by atoms with Crippen molar-refractivity contribution < 1.29 is 9.53 Å². The Morgan fingerprint density at radius 2 is 2.11 bits per heavy atom. The monoisotopic (exact) mass is 392 g/mol. The van der Waals surface area contributed by atoms with E-state index >= 15 is 0 Å². The number of fused-ring (bicyclic) bond motifs is 1. The van der Waals surface area contributed by atoms with E-state index in [4.69, 9.17) is 4.74 Å². The van der Waals surface area contributed by atoms with Crippen LogP contribution >= 0.6 is 11.3 Å². The molecule has 0 aliphatic heterocycles. The van der Waals surface area contributed by atoms with E-state index in [1.54, 1.807) is 28.5 Å². The van der Waals surface area contributed by atoms with Crippen LogP contribution in [0.1, 0.15) is 16.8 Å². The number of carbonyl (C=O) groups excluding carboxylic acids is 1. The van der Waals surface area contributed by atoms with Crippen LogP contribution in [0.25, 0.3) is 11.0 Å². The number of ether oxygens (including phenoxy) is 1. The molecule has 0 bridgehead atoms. The summed E-state index contributed by atoms with van der Waals surface area (Å²) in [5, 5.41) is 6.06. The zero-order chi connectivity index (χ0) is 19.3. The van der Waals surface area contributed by atoms with Crippen molar-refractivity contribution in [1.82, 2.24) is 19.2 Å². The van der Waals surface area contributed by atoms with Gasteiger partial charge >= 0.3 is 5.97 Å². The summed E-state index contributed by atoms with van der Waals surface area (Å²) in [6, 6.07) is 11.4. The molecule has 4 aromatic rings. The minimum absolute atomic E-state index is 0.0555. The van der Waals surface area contributed by atoms with E-state index in [0.717, 1.165) is 11.1 Å². The van der Waals surface area contributed by atoms with Crippen molar-refractivity contribution in [2.75, 3.05) is 0 Å². The van der Waals surface area contributed by atoms with Crippen LogP contribution in [0.15, 0.2) is 71.2 Å². The second-order valence-electron chi connectivity index (χ2n) is 6.04. The first-order valence-electron chi connectivity index (χ1n) is 8.54. The van der Waals surface area contributed by atoms with Gasteiger partial charge in [-0.15, -0.1) is 11.3 Å². The molecular formula is C20H16N4O3S. The lowest BCUT2D eigenvalue weighted by molar-refractivity contribution is -0.139. The Hall–Kier alpha value is -3.52. The molecule has 0 saturated carbocycles. The second-order valence-corrected chi connectivity index (χ2v) is 6.91. The van der Waals surface area contributed by atoms with Crippen molar-refractivity contribution in [3.05, 3.63) is 93.6 Å². The molecular weight excluding hydrogens is 376 g/mol. The molecule has 0 aliphatic rings. The van der Waals surface area contributed by atoms with Gasteiger partial charge in [-0.2, -0.15) is 5.10 Å². The van der Waals surface area contributed by atoms with Gasteiger partial charge in [0, 0.05) is 35.5 Å². The third-order valence-corrected chi connectivity index (χ3v) is 4.73. The Balaban J connectivity index is 1.34. The van der Waals surface area contributed by atoms with Crippen molar-refractivity contribution in [3.8, 4) is 0 Å².